The van der Waals surface area contributed by atoms with Crippen molar-refractivity contribution in [3.05, 3.63) is 35.4 Å². The number of carbonyl (C=O) groups is 2. The van der Waals surface area contributed by atoms with Gasteiger partial charge in [0.15, 0.2) is 0 Å². The third-order valence-electron chi connectivity index (χ3n) is 2.26. The largest absolute Gasteiger partial charge is 0.481 e. The number of ether oxygens (including phenoxy) is 1. The van der Waals surface area contributed by atoms with E-state index in [4.69, 9.17) is 14.9 Å². The molecule has 0 spiro atoms. The maximum atomic E-state index is 10.6. The van der Waals surface area contributed by atoms with Crippen molar-refractivity contribution in [1.82, 2.24) is 0 Å². The Morgan fingerprint density at radius 2 is 1.82 bits per heavy atom. The summed E-state index contributed by atoms with van der Waals surface area (Å²) < 4.78 is 5.21. The summed E-state index contributed by atoms with van der Waals surface area (Å²) in [5.41, 5.74) is 1.03. The molecule has 1 aromatic carbocycles. The van der Waals surface area contributed by atoms with Gasteiger partial charge in [0.05, 0.1) is 24.7 Å². The first-order valence-corrected chi connectivity index (χ1v) is 5.13. The molecule has 0 bridgehead atoms. The summed E-state index contributed by atoms with van der Waals surface area (Å²) in [6.07, 6.45) is 0. The lowest BCUT2D eigenvalue weighted by Crippen LogP contribution is -2.15. The highest BCUT2D eigenvalue weighted by Gasteiger charge is 2.10. The normalized spacial score (nSPS) is 12.1. The highest BCUT2D eigenvalue weighted by molar-refractivity contribution is 5.87. The van der Waals surface area contributed by atoms with E-state index in [1.165, 1.54) is 12.1 Å². The number of hydrogen-bond acceptors (Lipinski definition) is 3. The van der Waals surface area contributed by atoms with Crippen molar-refractivity contribution in [3.8, 4) is 0 Å². The molecule has 0 radical (unpaired) electrons. The summed E-state index contributed by atoms with van der Waals surface area (Å²) in [6.45, 7) is 1.98. The molecule has 0 fully saturated rings. The van der Waals surface area contributed by atoms with E-state index in [1.54, 1.807) is 19.1 Å². The molecule has 0 aromatic heterocycles. The Hall–Kier alpha value is -1.88. The van der Waals surface area contributed by atoms with Crippen molar-refractivity contribution >= 4 is 11.9 Å². The molecule has 1 aromatic rings. The number of carboxylic acids is 2. The number of aliphatic carboxylic acids is 1. The van der Waals surface area contributed by atoms with Crippen LogP contribution < -0.4 is 0 Å². The number of benzene rings is 1. The fourth-order valence-corrected chi connectivity index (χ4v) is 1.17. The van der Waals surface area contributed by atoms with E-state index in [2.05, 4.69) is 0 Å². The van der Waals surface area contributed by atoms with Gasteiger partial charge in [0.25, 0.3) is 0 Å². The monoisotopic (exact) mass is 238 g/mol. The minimum absolute atomic E-state index is 0.135. The molecule has 1 rings (SSSR count). The fraction of sp³-hybridized carbons (Fsp3) is 0.333. The van der Waals surface area contributed by atoms with Crippen LogP contribution in [0.15, 0.2) is 24.3 Å². The zero-order valence-corrected chi connectivity index (χ0v) is 9.42. The van der Waals surface area contributed by atoms with E-state index in [0.717, 1.165) is 5.56 Å². The van der Waals surface area contributed by atoms with E-state index < -0.39 is 17.9 Å². The van der Waals surface area contributed by atoms with E-state index in [0.29, 0.717) is 0 Å². The Kier molecular flexibility index (Phi) is 4.66. The van der Waals surface area contributed by atoms with E-state index in [-0.39, 0.29) is 18.8 Å². The van der Waals surface area contributed by atoms with Gasteiger partial charge >= 0.3 is 11.9 Å². The van der Waals surface area contributed by atoms with Crippen LogP contribution >= 0.6 is 0 Å². The number of hydrogen-bond donors (Lipinski definition) is 2. The van der Waals surface area contributed by atoms with Crippen molar-refractivity contribution in [2.45, 2.75) is 13.5 Å². The predicted molar refractivity (Wildman–Crippen MR) is 59.9 cm³/mol. The Bertz CT molecular complexity index is 396. The fourth-order valence-electron chi connectivity index (χ4n) is 1.17. The van der Waals surface area contributed by atoms with Crippen LogP contribution in [-0.2, 0) is 16.1 Å². The standard InChI is InChI=1S/C12H14O5/c1-8(11(13)14)6-17-7-9-2-4-10(5-3-9)12(15)16/h2-5,8H,6-7H2,1H3,(H,13,14)(H,15,16). The van der Waals surface area contributed by atoms with Gasteiger partial charge in [0.2, 0.25) is 0 Å². The first kappa shape index (κ1) is 13.2. The van der Waals surface area contributed by atoms with Crippen LogP contribution in [0.25, 0.3) is 0 Å². The van der Waals surface area contributed by atoms with Crippen LogP contribution in [-0.4, -0.2) is 28.8 Å². The average molecular weight is 238 g/mol. The van der Waals surface area contributed by atoms with Gasteiger partial charge in [-0.2, -0.15) is 0 Å². The van der Waals surface area contributed by atoms with Gasteiger partial charge in [-0.15, -0.1) is 0 Å². The molecule has 17 heavy (non-hydrogen) atoms. The lowest BCUT2D eigenvalue weighted by Gasteiger charge is -2.07. The molecule has 0 amide bonds. The zero-order valence-electron chi connectivity index (χ0n) is 9.42. The summed E-state index contributed by atoms with van der Waals surface area (Å²) in [6, 6.07) is 6.27. The second-order valence-electron chi connectivity index (χ2n) is 3.76. The molecule has 0 saturated carbocycles. The molecule has 0 heterocycles. The number of carboxylic acid groups (broad SMARTS) is 2. The van der Waals surface area contributed by atoms with Gasteiger partial charge < -0.3 is 14.9 Å². The highest BCUT2D eigenvalue weighted by Crippen LogP contribution is 2.07. The van der Waals surface area contributed by atoms with Crippen LogP contribution in [0.1, 0.15) is 22.8 Å². The second kappa shape index (κ2) is 6.00. The topological polar surface area (TPSA) is 83.8 Å². The van der Waals surface area contributed by atoms with Crippen LogP contribution in [0, 0.1) is 5.92 Å². The van der Waals surface area contributed by atoms with E-state index in [1.807, 2.05) is 0 Å². The molecular formula is C12H14O5. The van der Waals surface area contributed by atoms with E-state index in [9.17, 15) is 9.59 Å². The molecule has 2 N–H and O–H groups in total. The second-order valence-corrected chi connectivity index (χ2v) is 3.76. The van der Waals surface area contributed by atoms with Gasteiger partial charge in [-0.1, -0.05) is 12.1 Å². The van der Waals surface area contributed by atoms with Crippen molar-refractivity contribution in [2.24, 2.45) is 5.92 Å². The molecular weight excluding hydrogens is 224 g/mol. The van der Waals surface area contributed by atoms with Crippen molar-refractivity contribution in [2.75, 3.05) is 6.61 Å². The maximum Gasteiger partial charge on any atom is 0.335 e. The van der Waals surface area contributed by atoms with Gasteiger partial charge in [0.1, 0.15) is 0 Å². The minimum atomic E-state index is -0.975. The van der Waals surface area contributed by atoms with Crippen molar-refractivity contribution in [1.29, 1.82) is 0 Å². The Morgan fingerprint density at radius 1 is 1.24 bits per heavy atom. The zero-order chi connectivity index (χ0) is 12.8. The molecule has 0 aliphatic carbocycles. The Balaban J connectivity index is 2.42. The lowest BCUT2D eigenvalue weighted by atomic mass is 10.1. The summed E-state index contributed by atoms with van der Waals surface area (Å²) in [4.78, 5) is 21.1. The third-order valence-corrected chi connectivity index (χ3v) is 2.26. The third kappa shape index (κ3) is 4.24. The van der Waals surface area contributed by atoms with Crippen LogP contribution in [0.5, 0.6) is 0 Å². The van der Waals surface area contributed by atoms with E-state index >= 15 is 0 Å². The quantitative estimate of drug-likeness (QED) is 0.786. The van der Waals surface area contributed by atoms with Crippen LogP contribution in [0.2, 0.25) is 0 Å². The number of aromatic carboxylic acids is 1. The minimum Gasteiger partial charge on any atom is -0.481 e. The molecule has 1 atom stereocenters. The smallest absolute Gasteiger partial charge is 0.335 e. The Morgan fingerprint density at radius 3 is 2.29 bits per heavy atom. The van der Waals surface area contributed by atoms with Gasteiger partial charge in [-0.25, -0.2) is 4.79 Å². The Labute approximate surface area is 98.6 Å². The lowest BCUT2D eigenvalue weighted by molar-refractivity contribution is -0.143. The van der Waals surface area contributed by atoms with Crippen molar-refractivity contribution < 1.29 is 24.5 Å². The number of rotatable bonds is 6. The summed E-state index contributed by atoms with van der Waals surface area (Å²) in [7, 11) is 0. The average Bonchev–Trinajstić information content (AvgIpc) is 2.29. The SMILES string of the molecule is CC(COCc1ccc(C(=O)O)cc1)C(=O)O. The molecule has 1 unspecified atom stereocenters. The molecule has 5 nitrogen and oxygen atoms in total. The van der Waals surface area contributed by atoms with Gasteiger partial charge in [0, 0.05) is 0 Å². The van der Waals surface area contributed by atoms with Crippen LogP contribution in [0.3, 0.4) is 0 Å². The van der Waals surface area contributed by atoms with Gasteiger partial charge in [-0.05, 0) is 24.6 Å². The summed E-state index contributed by atoms with van der Waals surface area (Å²) in [5, 5.41) is 17.3. The highest BCUT2D eigenvalue weighted by atomic mass is 16.5. The summed E-state index contributed by atoms with van der Waals surface area (Å²) in [5.74, 6) is -2.42. The van der Waals surface area contributed by atoms with Crippen LogP contribution in [0.4, 0.5) is 0 Å². The first-order valence-electron chi connectivity index (χ1n) is 5.13. The summed E-state index contributed by atoms with van der Waals surface area (Å²) >= 11 is 0. The molecule has 0 aliphatic rings. The molecule has 92 valence electrons. The molecule has 5 heteroatoms. The van der Waals surface area contributed by atoms with Crippen molar-refractivity contribution in [3.63, 3.8) is 0 Å². The molecule has 0 saturated heterocycles. The first-order chi connectivity index (χ1) is 8.00. The maximum absolute atomic E-state index is 10.6. The molecule has 0 aliphatic heterocycles. The predicted octanol–water partition coefficient (Wildman–Crippen LogP) is 1.62. The van der Waals surface area contributed by atoms with Gasteiger partial charge in [-0.3, -0.25) is 4.79 Å².